The Labute approximate surface area is 93.8 Å². The number of hydrogen-bond acceptors (Lipinski definition) is 3. The molecule has 3 rings (SSSR count). The Balaban J connectivity index is 1.93. The molecule has 2 aromatic rings. The second-order valence-corrected chi connectivity index (χ2v) is 4.40. The van der Waals surface area contributed by atoms with Crippen molar-refractivity contribution in [2.24, 2.45) is 0 Å². The third kappa shape index (κ3) is 1.53. The molecule has 1 aliphatic rings. The molecule has 3 nitrogen and oxygen atoms in total. The van der Waals surface area contributed by atoms with E-state index in [1.807, 2.05) is 31.2 Å². The van der Waals surface area contributed by atoms with Crippen molar-refractivity contribution in [3.8, 4) is 11.5 Å². The number of nitrogens with zero attached hydrogens (tertiary/aromatic N) is 1. The predicted molar refractivity (Wildman–Crippen MR) is 59.8 cm³/mol. The quantitative estimate of drug-likeness (QED) is 0.837. The Hall–Kier alpha value is -1.61. The molecule has 1 N–H and O–H groups in total. The molecule has 0 spiro atoms. The van der Waals surface area contributed by atoms with Crippen molar-refractivity contribution in [1.29, 1.82) is 0 Å². The van der Waals surface area contributed by atoms with E-state index in [0.29, 0.717) is 5.89 Å². The zero-order chi connectivity index (χ0) is 11.2. The fraction of sp³-hybridized carbons (Fsp3) is 0.308. The van der Waals surface area contributed by atoms with E-state index in [1.165, 1.54) is 0 Å². The Morgan fingerprint density at radius 3 is 2.44 bits per heavy atom. The average molecular weight is 215 g/mol. The Bertz CT molecular complexity index is 509. The van der Waals surface area contributed by atoms with Gasteiger partial charge in [0.1, 0.15) is 6.26 Å². The van der Waals surface area contributed by atoms with E-state index in [2.05, 4.69) is 4.98 Å². The molecule has 0 atom stereocenters. The highest BCUT2D eigenvalue weighted by atomic mass is 16.3. The first-order chi connectivity index (χ1) is 7.67. The summed E-state index contributed by atoms with van der Waals surface area (Å²) in [5.74, 6) is 0.631. The normalized spacial score (nSPS) is 17.4. The largest absolute Gasteiger partial charge is 0.444 e. The van der Waals surface area contributed by atoms with Gasteiger partial charge >= 0.3 is 0 Å². The van der Waals surface area contributed by atoms with Crippen molar-refractivity contribution in [2.45, 2.75) is 25.4 Å². The molecule has 1 aliphatic carbocycles. The molecule has 0 unspecified atom stereocenters. The molecule has 1 aromatic carbocycles. The molecule has 1 saturated carbocycles. The van der Waals surface area contributed by atoms with Crippen LogP contribution in [0.25, 0.3) is 11.5 Å². The molecule has 3 heteroatoms. The molecule has 1 aromatic heterocycles. The highest BCUT2D eigenvalue weighted by Gasteiger charge is 2.41. The van der Waals surface area contributed by atoms with Crippen LogP contribution in [0.3, 0.4) is 0 Å². The second-order valence-electron chi connectivity index (χ2n) is 4.40. The van der Waals surface area contributed by atoms with Crippen LogP contribution >= 0.6 is 0 Å². The minimum absolute atomic E-state index is 0.564. The van der Waals surface area contributed by atoms with Crippen molar-refractivity contribution in [1.82, 2.24) is 4.98 Å². The summed E-state index contributed by atoms with van der Waals surface area (Å²) in [7, 11) is 0. The molecule has 1 heterocycles. The van der Waals surface area contributed by atoms with Crippen LogP contribution in [0, 0.1) is 6.92 Å². The number of aliphatic hydroxyl groups is 1. The van der Waals surface area contributed by atoms with Gasteiger partial charge in [0.05, 0.1) is 11.3 Å². The molecule has 1 fully saturated rings. The van der Waals surface area contributed by atoms with Gasteiger partial charge in [-0.15, -0.1) is 0 Å². The lowest BCUT2D eigenvalue weighted by molar-refractivity contribution is 0.151. The van der Waals surface area contributed by atoms with Crippen LogP contribution < -0.4 is 0 Å². The van der Waals surface area contributed by atoms with Gasteiger partial charge in [-0.05, 0) is 37.5 Å². The van der Waals surface area contributed by atoms with E-state index in [1.54, 1.807) is 6.26 Å². The first kappa shape index (κ1) is 9.60. The lowest BCUT2D eigenvalue weighted by Crippen LogP contribution is -2.03. The van der Waals surface area contributed by atoms with Gasteiger partial charge in [0, 0.05) is 5.56 Å². The van der Waals surface area contributed by atoms with E-state index in [9.17, 15) is 5.11 Å². The first-order valence-corrected chi connectivity index (χ1v) is 5.43. The van der Waals surface area contributed by atoms with Gasteiger partial charge in [0.2, 0.25) is 5.89 Å². The van der Waals surface area contributed by atoms with Crippen LogP contribution in [-0.2, 0) is 5.60 Å². The first-order valence-electron chi connectivity index (χ1n) is 5.43. The van der Waals surface area contributed by atoms with E-state index < -0.39 is 5.60 Å². The molecule has 0 saturated heterocycles. The van der Waals surface area contributed by atoms with Crippen LogP contribution in [0.4, 0.5) is 0 Å². The van der Waals surface area contributed by atoms with E-state index in [4.69, 9.17) is 4.42 Å². The van der Waals surface area contributed by atoms with Crippen molar-refractivity contribution in [3.63, 3.8) is 0 Å². The Kier molecular flexibility index (Phi) is 1.91. The molecule has 0 aliphatic heterocycles. The van der Waals surface area contributed by atoms with Gasteiger partial charge < -0.3 is 9.52 Å². The zero-order valence-electron chi connectivity index (χ0n) is 9.10. The maximum absolute atomic E-state index is 9.93. The summed E-state index contributed by atoms with van der Waals surface area (Å²) in [6, 6.07) is 7.78. The standard InChI is InChI=1S/C13H13NO2/c1-9-8-16-12(14-9)10-2-4-11(5-3-10)13(15)6-7-13/h2-5,8,15H,6-7H2,1H3. The van der Waals surface area contributed by atoms with Gasteiger partial charge in [-0.25, -0.2) is 4.98 Å². The Morgan fingerprint density at radius 2 is 1.94 bits per heavy atom. The summed E-state index contributed by atoms with van der Waals surface area (Å²) < 4.78 is 5.32. The van der Waals surface area contributed by atoms with Crippen LogP contribution in [0.15, 0.2) is 34.9 Å². The number of rotatable bonds is 2. The molecule has 0 bridgehead atoms. The van der Waals surface area contributed by atoms with Crippen molar-refractivity contribution < 1.29 is 9.52 Å². The van der Waals surface area contributed by atoms with Crippen LogP contribution in [-0.4, -0.2) is 10.1 Å². The van der Waals surface area contributed by atoms with Crippen molar-refractivity contribution >= 4 is 0 Å². The summed E-state index contributed by atoms with van der Waals surface area (Å²) in [6.45, 7) is 1.90. The van der Waals surface area contributed by atoms with E-state index >= 15 is 0 Å². The summed E-state index contributed by atoms with van der Waals surface area (Å²) in [5.41, 5.74) is 2.24. The van der Waals surface area contributed by atoms with E-state index in [-0.39, 0.29) is 0 Å². The average Bonchev–Trinajstić information content (AvgIpc) is 2.89. The number of oxazole rings is 1. The van der Waals surface area contributed by atoms with Gasteiger partial charge in [-0.1, -0.05) is 12.1 Å². The summed E-state index contributed by atoms with van der Waals surface area (Å²) >= 11 is 0. The highest BCUT2D eigenvalue weighted by molar-refractivity contribution is 5.54. The fourth-order valence-corrected chi connectivity index (χ4v) is 1.82. The third-order valence-electron chi connectivity index (χ3n) is 3.01. The maximum atomic E-state index is 9.93. The SMILES string of the molecule is Cc1coc(-c2ccc(C3(O)CC3)cc2)n1. The molecule has 0 radical (unpaired) electrons. The summed E-state index contributed by atoms with van der Waals surface area (Å²) in [4.78, 5) is 4.26. The minimum atomic E-state index is -0.564. The summed E-state index contributed by atoms with van der Waals surface area (Å²) in [6.07, 6.45) is 3.37. The van der Waals surface area contributed by atoms with Crippen LogP contribution in [0.1, 0.15) is 24.1 Å². The number of aryl methyl sites for hydroxylation is 1. The van der Waals surface area contributed by atoms with Gasteiger partial charge in [-0.3, -0.25) is 0 Å². The lowest BCUT2D eigenvalue weighted by atomic mass is 10.1. The lowest BCUT2D eigenvalue weighted by Gasteiger charge is -2.07. The van der Waals surface area contributed by atoms with Gasteiger partial charge in [-0.2, -0.15) is 0 Å². The Morgan fingerprint density at radius 1 is 1.25 bits per heavy atom. The predicted octanol–water partition coefficient (Wildman–Crippen LogP) is 2.63. The molecular formula is C13H13NO2. The van der Waals surface area contributed by atoms with Crippen LogP contribution in [0.5, 0.6) is 0 Å². The molecule has 0 amide bonds. The van der Waals surface area contributed by atoms with Crippen molar-refractivity contribution in [2.75, 3.05) is 0 Å². The van der Waals surface area contributed by atoms with Gasteiger partial charge in [0.15, 0.2) is 0 Å². The maximum Gasteiger partial charge on any atom is 0.226 e. The topological polar surface area (TPSA) is 46.3 Å². The van der Waals surface area contributed by atoms with Crippen LogP contribution in [0.2, 0.25) is 0 Å². The number of hydrogen-bond donors (Lipinski definition) is 1. The molecule has 16 heavy (non-hydrogen) atoms. The summed E-state index contributed by atoms with van der Waals surface area (Å²) in [5, 5.41) is 9.93. The van der Waals surface area contributed by atoms with E-state index in [0.717, 1.165) is 29.7 Å². The fourth-order valence-electron chi connectivity index (χ4n) is 1.82. The molecular weight excluding hydrogens is 202 g/mol. The van der Waals surface area contributed by atoms with Gasteiger partial charge in [0.25, 0.3) is 0 Å². The third-order valence-corrected chi connectivity index (χ3v) is 3.01. The molecule has 82 valence electrons. The highest BCUT2D eigenvalue weighted by Crippen LogP contribution is 2.45. The van der Waals surface area contributed by atoms with Crippen molar-refractivity contribution in [3.05, 3.63) is 41.8 Å². The zero-order valence-corrected chi connectivity index (χ0v) is 9.10. The second kappa shape index (κ2) is 3.19. The minimum Gasteiger partial charge on any atom is -0.444 e. The smallest absolute Gasteiger partial charge is 0.226 e. The monoisotopic (exact) mass is 215 g/mol. The number of aromatic nitrogens is 1. The number of benzene rings is 1.